The Morgan fingerprint density at radius 3 is 2.67 bits per heavy atom. The van der Waals surface area contributed by atoms with Crippen LogP contribution in [-0.4, -0.2) is 10.2 Å². The predicted octanol–water partition coefficient (Wildman–Crippen LogP) is 4.40. The van der Waals surface area contributed by atoms with E-state index in [-0.39, 0.29) is 5.52 Å². The molecule has 0 radical (unpaired) electrons. The maximum absolute atomic E-state index is 13.5. The quantitative estimate of drug-likeness (QED) is 0.781. The van der Waals surface area contributed by atoms with Gasteiger partial charge in [-0.15, -0.1) is 5.10 Å². The van der Waals surface area contributed by atoms with Crippen LogP contribution in [0.15, 0.2) is 16.6 Å². The van der Waals surface area contributed by atoms with Crippen molar-refractivity contribution >= 4 is 26.8 Å². The number of fused-ring (bicyclic) bond motifs is 1. The number of aryl methyl sites for hydroxylation is 1. The van der Waals surface area contributed by atoms with E-state index in [1.54, 1.807) is 0 Å². The Hall–Kier alpha value is -1.10. The summed E-state index contributed by atoms with van der Waals surface area (Å²) in [5.41, 5.74) is 0.850. The molecule has 0 aliphatic heterocycles. The average Bonchev–Trinajstić information content (AvgIpc) is 2.33. The molecular weight excluding hydrogens is 302 g/mol. The van der Waals surface area contributed by atoms with Gasteiger partial charge in [-0.05, 0) is 34.8 Å². The topological polar surface area (TPSA) is 25.8 Å². The van der Waals surface area contributed by atoms with E-state index in [2.05, 4.69) is 33.1 Å². The second-order valence-corrected chi connectivity index (χ2v) is 4.99. The van der Waals surface area contributed by atoms with Gasteiger partial charge in [-0.2, -0.15) is 5.10 Å². The molecule has 0 amide bonds. The third kappa shape index (κ3) is 2.66. The van der Waals surface area contributed by atoms with Crippen LogP contribution < -0.4 is 0 Å². The van der Waals surface area contributed by atoms with Gasteiger partial charge in [0.1, 0.15) is 11.3 Å². The molecule has 2 nitrogen and oxygen atoms in total. The Bertz CT molecular complexity index is 572. The largest absolute Gasteiger partial charge is 0.207 e. The maximum atomic E-state index is 13.5. The summed E-state index contributed by atoms with van der Waals surface area (Å²) in [4.78, 5) is 0. The normalized spacial score (nSPS) is 11.1. The lowest BCUT2D eigenvalue weighted by molar-refractivity contribution is 0.588. The molecule has 18 heavy (non-hydrogen) atoms. The molecule has 2 rings (SSSR count). The minimum Gasteiger partial charge on any atom is -0.207 e. The third-order valence-electron chi connectivity index (χ3n) is 2.81. The second kappa shape index (κ2) is 5.69. The standard InChI is InChI=1S/C13H13BrF2N2/c1-2-3-4-5-11-12(14)9-6-8(15)7-10(16)13(9)18-17-11/h6-7H,2-5H2,1H3. The Labute approximate surface area is 113 Å². The fraction of sp³-hybridized carbons (Fsp3) is 0.385. The molecule has 0 aliphatic carbocycles. The van der Waals surface area contributed by atoms with Crippen molar-refractivity contribution in [3.8, 4) is 0 Å². The highest BCUT2D eigenvalue weighted by Crippen LogP contribution is 2.28. The van der Waals surface area contributed by atoms with Crippen LogP contribution in [0, 0.1) is 11.6 Å². The zero-order chi connectivity index (χ0) is 13.1. The zero-order valence-corrected chi connectivity index (χ0v) is 11.6. The summed E-state index contributed by atoms with van der Waals surface area (Å²) >= 11 is 3.37. The first-order chi connectivity index (χ1) is 8.63. The van der Waals surface area contributed by atoms with Crippen LogP contribution in [0.1, 0.15) is 31.9 Å². The smallest absolute Gasteiger partial charge is 0.154 e. The highest BCUT2D eigenvalue weighted by molar-refractivity contribution is 9.10. The fourth-order valence-corrected chi connectivity index (χ4v) is 2.43. The number of hydrogen-bond acceptors (Lipinski definition) is 2. The zero-order valence-electron chi connectivity index (χ0n) is 10.0. The lowest BCUT2D eigenvalue weighted by Crippen LogP contribution is -1.99. The van der Waals surface area contributed by atoms with Crippen molar-refractivity contribution in [3.05, 3.63) is 33.9 Å². The molecule has 0 aliphatic rings. The number of benzene rings is 1. The molecule has 1 heterocycles. The first kappa shape index (κ1) is 13.3. The Balaban J connectivity index is 2.43. The van der Waals surface area contributed by atoms with Crippen LogP contribution in [-0.2, 0) is 6.42 Å². The van der Waals surface area contributed by atoms with E-state index in [4.69, 9.17) is 0 Å². The molecule has 0 N–H and O–H groups in total. The molecule has 0 saturated heterocycles. The second-order valence-electron chi connectivity index (χ2n) is 4.20. The molecular formula is C13H13BrF2N2. The van der Waals surface area contributed by atoms with E-state index in [1.807, 2.05) is 0 Å². The van der Waals surface area contributed by atoms with Gasteiger partial charge < -0.3 is 0 Å². The Morgan fingerprint density at radius 1 is 1.17 bits per heavy atom. The highest BCUT2D eigenvalue weighted by Gasteiger charge is 2.12. The van der Waals surface area contributed by atoms with Crippen LogP contribution in [0.2, 0.25) is 0 Å². The van der Waals surface area contributed by atoms with E-state index in [1.165, 1.54) is 6.07 Å². The number of rotatable bonds is 4. The van der Waals surface area contributed by atoms with Crippen molar-refractivity contribution in [1.29, 1.82) is 0 Å². The maximum Gasteiger partial charge on any atom is 0.154 e. The average molecular weight is 315 g/mol. The van der Waals surface area contributed by atoms with Crippen molar-refractivity contribution in [2.24, 2.45) is 0 Å². The van der Waals surface area contributed by atoms with E-state index in [0.717, 1.165) is 37.4 Å². The summed E-state index contributed by atoms with van der Waals surface area (Å²) < 4.78 is 27.3. The monoisotopic (exact) mass is 314 g/mol. The van der Waals surface area contributed by atoms with Crippen molar-refractivity contribution in [2.45, 2.75) is 32.6 Å². The molecule has 0 spiro atoms. The summed E-state index contributed by atoms with van der Waals surface area (Å²) in [7, 11) is 0. The lowest BCUT2D eigenvalue weighted by atomic mass is 10.1. The first-order valence-corrected chi connectivity index (χ1v) is 6.72. The Kier molecular flexibility index (Phi) is 4.22. The molecule has 0 fully saturated rings. The summed E-state index contributed by atoms with van der Waals surface area (Å²) in [5, 5.41) is 8.29. The van der Waals surface area contributed by atoms with Gasteiger partial charge in [-0.25, -0.2) is 8.78 Å². The van der Waals surface area contributed by atoms with Crippen molar-refractivity contribution < 1.29 is 8.78 Å². The highest BCUT2D eigenvalue weighted by atomic mass is 79.9. The van der Waals surface area contributed by atoms with Crippen LogP contribution >= 0.6 is 15.9 Å². The Morgan fingerprint density at radius 2 is 1.94 bits per heavy atom. The summed E-state index contributed by atoms with van der Waals surface area (Å²) in [6, 6.07) is 2.10. The first-order valence-electron chi connectivity index (χ1n) is 5.93. The molecule has 2 aromatic rings. The molecule has 0 unspecified atom stereocenters. The van der Waals surface area contributed by atoms with Gasteiger partial charge in [0.2, 0.25) is 0 Å². The third-order valence-corrected chi connectivity index (χ3v) is 3.69. The number of nitrogens with zero attached hydrogens (tertiary/aromatic N) is 2. The summed E-state index contributed by atoms with van der Waals surface area (Å²) in [6.45, 7) is 2.12. The van der Waals surface area contributed by atoms with Crippen LogP contribution in [0.3, 0.4) is 0 Å². The molecule has 1 aromatic carbocycles. The predicted molar refractivity (Wildman–Crippen MR) is 70.4 cm³/mol. The molecule has 96 valence electrons. The minimum absolute atomic E-state index is 0.0996. The molecule has 0 atom stereocenters. The minimum atomic E-state index is -0.682. The SMILES string of the molecule is CCCCCc1nnc2c(F)cc(F)cc2c1Br. The number of hydrogen-bond donors (Lipinski definition) is 0. The lowest BCUT2D eigenvalue weighted by Gasteiger charge is -2.06. The van der Waals surface area contributed by atoms with Crippen LogP contribution in [0.25, 0.3) is 10.9 Å². The molecule has 5 heteroatoms. The fourth-order valence-electron chi connectivity index (χ4n) is 1.85. The van der Waals surface area contributed by atoms with Crippen molar-refractivity contribution in [2.75, 3.05) is 0 Å². The van der Waals surface area contributed by atoms with Crippen molar-refractivity contribution in [3.63, 3.8) is 0 Å². The van der Waals surface area contributed by atoms with Crippen LogP contribution in [0.4, 0.5) is 8.78 Å². The van der Waals surface area contributed by atoms with E-state index < -0.39 is 11.6 Å². The van der Waals surface area contributed by atoms with Gasteiger partial charge in [0.25, 0.3) is 0 Å². The van der Waals surface area contributed by atoms with Gasteiger partial charge in [0, 0.05) is 11.5 Å². The van der Waals surface area contributed by atoms with E-state index >= 15 is 0 Å². The van der Waals surface area contributed by atoms with Gasteiger partial charge >= 0.3 is 0 Å². The number of unbranched alkanes of at least 4 members (excludes halogenated alkanes) is 2. The summed E-state index contributed by atoms with van der Waals surface area (Å²) in [6.07, 6.45) is 3.97. The van der Waals surface area contributed by atoms with E-state index in [0.29, 0.717) is 9.86 Å². The summed E-state index contributed by atoms with van der Waals surface area (Å²) in [5.74, 6) is -1.29. The van der Waals surface area contributed by atoms with Crippen LogP contribution in [0.5, 0.6) is 0 Å². The van der Waals surface area contributed by atoms with Gasteiger partial charge in [-0.1, -0.05) is 19.8 Å². The molecule has 1 aromatic heterocycles. The molecule has 0 saturated carbocycles. The molecule has 0 bridgehead atoms. The number of aromatic nitrogens is 2. The van der Waals surface area contributed by atoms with Gasteiger partial charge in [0.15, 0.2) is 5.82 Å². The number of halogens is 3. The van der Waals surface area contributed by atoms with Gasteiger partial charge in [0.05, 0.1) is 10.2 Å². The van der Waals surface area contributed by atoms with Crippen molar-refractivity contribution in [1.82, 2.24) is 10.2 Å². The van der Waals surface area contributed by atoms with Gasteiger partial charge in [-0.3, -0.25) is 0 Å². The van der Waals surface area contributed by atoms with E-state index in [9.17, 15) is 8.78 Å².